The Balaban J connectivity index is 1.80. The van der Waals surface area contributed by atoms with E-state index in [0.29, 0.717) is 23.1 Å². The van der Waals surface area contributed by atoms with Crippen LogP contribution in [0.2, 0.25) is 5.02 Å². The third-order valence-corrected chi connectivity index (χ3v) is 7.08. The van der Waals surface area contributed by atoms with Crippen molar-refractivity contribution in [2.75, 3.05) is 24.1 Å². The molecule has 0 aliphatic rings. The van der Waals surface area contributed by atoms with Gasteiger partial charge in [0, 0.05) is 5.02 Å². The van der Waals surface area contributed by atoms with Crippen LogP contribution in [0.15, 0.2) is 77.7 Å². The summed E-state index contributed by atoms with van der Waals surface area (Å²) in [5.41, 5.74) is 1.39. The fourth-order valence-corrected chi connectivity index (χ4v) is 4.88. The monoisotopic (exact) mass is 516 g/mol. The zero-order chi connectivity index (χ0) is 25.4. The zero-order valence-electron chi connectivity index (χ0n) is 19.9. The molecular formula is C26H29ClN2O5S. The fraction of sp³-hybridized carbons (Fsp3) is 0.269. The van der Waals surface area contributed by atoms with Gasteiger partial charge in [0.1, 0.15) is 24.7 Å². The third-order valence-electron chi connectivity index (χ3n) is 5.05. The van der Waals surface area contributed by atoms with Crippen molar-refractivity contribution in [1.82, 2.24) is 5.32 Å². The fourth-order valence-electron chi connectivity index (χ4n) is 3.32. The quantitative estimate of drug-likeness (QED) is 0.394. The summed E-state index contributed by atoms with van der Waals surface area (Å²) in [6, 6.07) is 19.7. The Hall–Kier alpha value is -3.23. The normalized spacial score (nSPS) is 12.0. The van der Waals surface area contributed by atoms with Crippen molar-refractivity contribution in [2.24, 2.45) is 0 Å². The van der Waals surface area contributed by atoms with Crippen LogP contribution in [0.25, 0.3) is 0 Å². The van der Waals surface area contributed by atoms with E-state index in [9.17, 15) is 13.2 Å². The molecule has 9 heteroatoms. The first-order valence-electron chi connectivity index (χ1n) is 11.2. The molecule has 1 atom stereocenters. The lowest BCUT2D eigenvalue weighted by Crippen LogP contribution is -2.45. The van der Waals surface area contributed by atoms with Crippen molar-refractivity contribution in [3.8, 4) is 11.5 Å². The van der Waals surface area contributed by atoms with Crippen LogP contribution in [0.3, 0.4) is 0 Å². The Morgan fingerprint density at radius 2 is 1.66 bits per heavy atom. The molecule has 0 radical (unpaired) electrons. The van der Waals surface area contributed by atoms with Crippen LogP contribution in [0.5, 0.6) is 11.5 Å². The Labute approximate surface area is 211 Å². The lowest BCUT2D eigenvalue weighted by Gasteiger charge is -2.26. The number of hydrogen-bond donors (Lipinski definition) is 1. The molecule has 3 aromatic carbocycles. The number of amides is 1. The second-order valence-corrected chi connectivity index (χ2v) is 10.3. The van der Waals surface area contributed by atoms with Crippen molar-refractivity contribution in [2.45, 2.75) is 31.7 Å². The van der Waals surface area contributed by atoms with E-state index in [1.165, 1.54) is 24.3 Å². The topological polar surface area (TPSA) is 84.9 Å². The predicted molar refractivity (Wildman–Crippen MR) is 138 cm³/mol. The number of para-hydroxylation sites is 2. The summed E-state index contributed by atoms with van der Waals surface area (Å²) in [4.78, 5) is 13.0. The minimum absolute atomic E-state index is 0.0109. The van der Waals surface area contributed by atoms with Gasteiger partial charge in [0.05, 0.1) is 23.2 Å². The lowest BCUT2D eigenvalue weighted by atomic mass is 10.2. The molecule has 186 valence electrons. The van der Waals surface area contributed by atoms with Crippen LogP contribution >= 0.6 is 11.6 Å². The Bertz CT molecular complexity index is 1230. The molecule has 1 unspecified atom stereocenters. The molecule has 3 rings (SSSR count). The number of ether oxygens (including phenoxy) is 2. The number of aryl methyl sites for hydroxylation is 1. The maximum Gasteiger partial charge on any atom is 0.264 e. The highest BCUT2D eigenvalue weighted by molar-refractivity contribution is 7.92. The first-order valence-corrected chi connectivity index (χ1v) is 13.0. The van der Waals surface area contributed by atoms with Crippen LogP contribution in [0.1, 0.15) is 19.4 Å². The second-order valence-electron chi connectivity index (χ2n) is 7.96. The minimum atomic E-state index is -4.10. The van der Waals surface area contributed by atoms with Gasteiger partial charge in [-0.05, 0) is 69.3 Å². The third kappa shape index (κ3) is 7.13. The number of hydrogen-bond acceptors (Lipinski definition) is 5. The number of nitrogens with one attached hydrogen (secondary N) is 1. The van der Waals surface area contributed by atoms with Crippen LogP contribution in [-0.4, -0.2) is 40.1 Å². The number of halogens is 1. The van der Waals surface area contributed by atoms with Crippen molar-refractivity contribution in [3.05, 3.63) is 83.4 Å². The average Bonchev–Trinajstić information content (AvgIpc) is 2.83. The van der Waals surface area contributed by atoms with E-state index in [4.69, 9.17) is 21.1 Å². The molecule has 1 amide bonds. The number of carbonyl (C=O) groups excluding carboxylic acids is 1. The molecule has 7 nitrogen and oxygen atoms in total. The van der Waals surface area contributed by atoms with Gasteiger partial charge in [-0.2, -0.15) is 0 Å². The zero-order valence-corrected chi connectivity index (χ0v) is 21.5. The summed E-state index contributed by atoms with van der Waals surface area (Å²) in [5.74, 6) is 0.569. The molecular weight excluding hydrogens is 488 g/mol. The van der Waals surface area contributed by atoms with Gasteiger partial charge in [-0.15, -0.1) is 0 Å². The first kappa shape index (κ1) is 26.4. The summed E-state index contributed by atoms with van der Waals surface area (Å²) in [5, 5.41) is 3.22. The van der Waals surface area contributed by atoms with Gasteiger partial charge in [0.15, 0.2) is 0 Å². The van der Waals surface area contributed by atoms with Gasteiger partial charge in [-0.25, -0.2) is 8.42 Å². The second kappa shape index (κ2) is 12.0. The molecule has 3 aromatic rings. The highest BCUT2D eigenvalue weighted by Crippen LogP contribution is 2.32. The van der Waals surface area contributed by atoms with Crippen LogP contribution < -0.4 is 19.1 Å². The molecule has 0 aliphatic carbocycles. The summed E-state index contributed by atoms with van der Waals surface area (Å²) in [7, 11) is -4.10. The molecule has 0 heterocycles. The molecule has 35 heavy (non-hydrogen) atoms. The maximum absolute atomic E-state index is 13.6. The van der Waals surface area contributed by atoms with E-state index in [1.54, 1.807) is 38.1 Å². The van der Waals surface area contributed by atoms with E-state index in [-0.39, 0.29) is 23.2 Å². The summed E-state index contributed by atoms with van der Waals surface area (Å²) in [6.07, 6.45) is 0. The lowest BCUT2D eigenvalue weighted by molar-refractivity contribution is -0.120. The van der Waals surface area contributed by atoms with Crippen molar-refractivity contribution in [1.29, 1.82) is 0 Å². The number of sulfonamides is 1. The smallest absolute Gasteiger partial charge is 0.264 e. The first-order chi connectivity index (χ1) is 16.7. The average molecular weight is 517 g/mol. The van der Waals surface area contributed by atoms with Crippen LogP contribution in [0, 0.1) is 6.92 Å². The molecule has 0 aliphatic heterocycles. The summed E-state index contributed by atoms with van der Waals surface area (Å²) < 4.78 is 39.6. The highest BCUT2D eigenvalue weighted by Gasteiger charge is 2.29. The van der Waals surface area contributed by atoms with Gasteiger partial charge in [-0.3, -0.25) is 9.10 Å². The number of carbonyl (C=O) groups is 1. The minimum Gasteiger partial charge on any atom is -0.492 e. The standard InChI is InChI=1S/C26H29ClN2O5S/c1-4-33-25-8-6-5-7-24(25)29(35(31,32)23-15-11-21(27)12-16-23)17-26(30)28-20(3)18-34-22-13-9-19(2)10-14-22/h5-16,20H,4,17-18H2,1-3H3,(H,28,30). The largest absolute Gasteiger partial charge is 0.492 e. The molecule has 1 N–H and O–H groups in total. The van der Waals surface area contributed by atoms with Gasteiger partial charge in [-0.1, -0.05) is 41.4 Å². The molecule has 0 saturated heterocycles. The molecule has 0 aromatic heterocycles. The summed E-state index contributed by atoms with van der Waals surface area (Å²) in [6.45, 7) is 5.71. The molecule has 0 fully saturated rings. The van der Waals surface area contributed by atoms with E-state index in [2.05, 4.69) is 5.32 Å². The van der Waals surface area contributed by atoms with Crippen molar-refractivity contribution in [3.63, 3.8) is 0 Å². The Morgan fingerprint density at radius 1 is 1.00 bits per heavy atom. The predicted octanol–water partition coefficient (Wildman–Crippen LogP) is 4.83. The van der Waals surface area contributed by atoms with E-state index >= 15 is 0 Å². The van der Waals surface area contributed by atoms with Crippen LogP contribution in [0.4, 0.5) is 5.69 Å². The van der Waals surface area contributed by atoms with Gasteiger partial charge >= 0.3 is 0 Å². The number of anilines is 1. The van der Waals surface area contributed by atoms with E-state index in [1.807, 2.05) is 31.2 Å². The van der Waals surface area contributed by atoms with Gasteiger partial charge in [0.2, 0.25) is 5.91 Å². The molecule has 0 bridgehead atoms. The summed E-state index contributed by atoms with van der Waals surface area (Å²) >= 11 is 5.94. The Kier molecular flexibility index (Phi) is 9.01. The van der Waals surface area contributed by atoms with Gasteiger partial charge in [0.25, 0.3) is 10.0 Å². The van der Waals surface area contributed by atoms with Crippen molar-refractivity contribution >= 4 is 33.2 Å². The van der Waals surface area contributed by atoms with Crippen LogP contribution in [-0.2, 0) is 14.8 Å². The molecule has 0 saturated carbocycles. The SMILES string of the molecule is CCOc1ccccc1N(CC(=O)NC(C)COc1ccc(C)cc1)S(=O)(=O)c1ccc(Cl)cc1. The molecule has 0 spiro atoms. The number of nitrogens with zero attached hydrogens (tertiary/aromatic N) is 1. The highest BCUT2D eigenvalue weighted by atomic mass is 35.5. The van der Waals surface area contributed by atoms with E-state index in [0.717, 1.165) is 9.87 Å². The Morgan fingerprint density at radius 3 is 2.31 bits per heavy atom. The number of benzene rings is 3. The maximum atomic E-state index is 13.6. The van der Waals surface area contributed by atoms with E-state index < -0.39 is 22.5 Å². The van der Waals surface area contributed by atoms with Gasteiger partial charge < -0.3 is 14.8 Å². The van der Waals surface area contributed by atoms with Crippen molar-refractivity contribution < 1.29 is 22.7 Å². The number of rotatable bonds is 11.